The first-order chi connectivity index (χ1) is 10.7. The summed E-state index contributed by atoms with van der Waals surface area (Å²) in [5, 5.41) is 11.6. The fraction of sp³-hybridized carbons (Fsp3) is 0.158. The van der Waals surface area contributed by atoms with Crippen LogP contribution in [0.3, 0.4) is 0 Å². The highest BCUT2D eigenvalue weighted by atomic mass is 16.1. The molecule has 3 heteroatoms. The molecule has 0 heterocycles. The molecule has 0 fully saturated rings. The summed E-state index contributed by atoms with van der Waals surface area (Å²) in [5.74, 6) is 0.153. The van der Waals surface area contributed by atoms with Crippen molar-refractivity contribution >= 4 is 12.0 Å². The molecule has 2 aromatic rings. The largest absolute Gasteiger partial charge is 0.352 e. The molecule has 22 heavy (non-hydrogen) atoms. The molecule has 0 bridgehead atoms. The molecule has 1 unspecified atom stereocenters. The Morgan fingerprint density at radius 1 is 1.18 bits per heavy atom. The second-order valence-corrected chi connectivity index (χ2v) is 5.12. The molecular formula is C19H18N2O. The Hall–Kier alpha value is -2.86. The van der Waals surface area contributed by atoms with Gasteiger partial charge >= 0.3 is 0 Å². The van der Waals surface area contributed by atoms with Gasteiger partial charge in [0.25, 0.3) is 0 Å². The number of benzene rings is 2. The van der Waals surface area contributed by atoms with E-state index in [-0.39, 0.29) is 11.8 Å². The zero-order valence-electron chi connectivity index (χ0n) is 12.5. The number of nitriles is 1. The molecular weight excluding hydrogens is 272 g/mol. The number of hydrogen-bond acceptors (Lipinski definition) is 2. The monoisotopic (exact) mass is 290 g/mol. The van der Waals surface area contributed by atoms with Crippen LogP contribution < -0.4 is 5.32 Å². The Kier molecular flexibility index (Phi) is 5.50. The van der Waals surface area contributed by atoms with Gasteiger partial charge in [0.05, 0.1) is 11.6 Å². The number of carbonyl (C=O) groups is 1. The molecule has 0 aliphatic heterocycles. The van der Waals surface area contributed by atoms with Crippen molar-refractivity contribution in [2.75, 3.05) is 6.54 Å². The van der Waals surface area contributed by atoms with Gasteiger partial charge in [0.1, 0.15) is 0 Å². The number of nitrogens with one attached hydrogen (secondary N) is 1. The van der Waals surface area contributed by atoms with Crippen LogP contribution in [-0.2, 0) is 4.79 Å². The molecule has 2 rings (SSSR count). The third-order valence-electron chi connectivity index (χ3n) is 3.42. The average Bonchev–Trinajstić information content (AvgIpc) is 2.59. The number of hydrogen-bond donors (Lipinski definition) is 1. The minimum Gasteiger partial charge on any atom is -0.352 e. The molecule has 110 valence electrons. The topological polar surface area (TPSA) is 52.9 Å². The van der Waals surface area contributed by atoms with E-state index in [9.17, 15) is 4.79 Å². The molecule has 0 aromatic heterocycles. The van der Waals surface area contributed by atoms with Crippen molar-refractivity contribution in [3.05, 3.63) is 77.4 Å². The average molecular weight is 290 g/mol. The van der Waals surface area contributed by atoms with E-state index < -0.39 is 0 Å². The van der Waals surface area contributed by atoms with Crippen molar-refractivity contribution in [3.63, 3.8) is 0 Å². The van der Waals surface area contributed by atoms with Crippen molar-refractivity contribution in [1.29, 1.82) is 5.26 Å². The molecule has 0 aliphatic carbocycles. The van der Waals surface area contributed by atoms with Gasteiger partial charge in [-0.05, 0) is 35.3 Å². The summed E-state index contributed by atoms with van der Waals surface area (Å²) in [6, 6.07) is 19.3. The summed E-state index contributed by atoms with van der Waals surface area (Å²) in [5.41, 5.74) is 2.71. The fourth-order valence-corrected chi connectivity index (χ4v) is 2.05. The summed E-state index contributed by atoms with van der Waals surface area (Å²) in [4.78, 5) is 11.8. The number of amides is 1. The molecule has 0 aliphatic rings. The van der Waals surface area contributed by atoms with E-state index in [0.29, 0.717) is 12.1 Å². The molecule has 1 atom stereocenters. The number of carbonyl (C=O) groups excluding carboxylic acids is 1. The highest BCUT2D eigenvalue weighted by molar-refractivity contribution is 5.91. The van der Waals surface area contributed by atoms with Gasteiger partial charge in [0.2, 0.25) is 5.91 Å². The van der Waals surface area contributed by atoms with Crippen LogP contribution in [-0.4, -0.2) is 12.5 Å². The van der Waals surface area contributed by atoms with Crippen molar-refractivity contribution in [2.24, 2.45) is 0 Å². The fourth-order valence-electron chi connectivity index (χ4n) is 2.05. The Labute approximate surface area is 130 Å². The van der Waals surface area contributed by atoms with Gasteiger partial charge in [0.15, 0.2) is 0 Å². The van der Waals surface area contributed by atoms with Gasteiger partial charge < -0.3 is 5.32 Å². The van der Waals surface area contributed by atoms with Gasteiger partial charge in [0, 0.05) is 12.6 Å². The third-order valence-corrected chi connectivity index (χ3v) is 3.42. The number of nitrogens with zero attached hydrogens (tertiary/aromatic N) is 1. The Balaban J connectivity index is 1.85. The van der Waals surface area contributed by atoms with Crippen LogP contribution in [0.5, 0.6) is 0 Å². The second-order valence-electron chi connectivity index (χ2n) is 5.12. The first-order valence-corrected chi connectivity index (χ1v) is 7.20. The molecule has 0 saturated heterocycles. The van der Waals surface area contributed by atoms with Gasteiger partial charge in [-0.3, -0.25) is 4.79 Å². The van der Waals surface area contributed by atoms with Crippen molar-refractivity contribution in [1.82, 2.24) is 5.32 Å². The summed E-state index contributed by atoms with van der Waals surface area (Å²) in [7, 11) is 0. The Morgan fingerprint density at radius 3 is 2.50 bits per heavy atom. The molecule has 1 amide bonds. The minimum absolute atomic E-state index is 0.118. The maximum atomic E-state index is 11.8. The molecule has 2 aromatic carbocycles. The van der Waals surface area contributed by atoms with Crippen molar-refractivity contribution in [2.45, 2.75) is 12.8 Å². The lowest BCUT2D eigenvalue weighted by Gasteiger charge is -2.11. The summed E-state index contributed by atoms with van der Waals surface area (Å²) in [6.07, 6.45) is 3.25. The highest BCUT2D eigenvalue weighted by Crippen LogP contribution is 2.13. The molecule has 0 radical (unpaired) electrons. The lowest BCUT2D eigenvalue weighted by Crippen LogP contribution is -2.25. The van der Waals surface area contributed by atoms with Crippen LogP contribution in [0, 0.1) is 11.3 Å². The zero-order chi connectivity index (χ0) is 15.8. The van der Waals surface area contributed by atoms with Gasteiger partial charge in [-0.15, -0.1) is 0 Å². The molecule has 0 saturated carbocycles. The highest BCUT2D eigenvalue weighted by Gasteiger charge is 2.05. The van der Waals surface area contributed by atoms with Gasteiger partial charge in [-0.1, -0.05) is 49.4 Å². The first kappa shape index (κ1) is 15.5. The predicted octanol–water partition coefficient (Wildman–Crippen LogP) is 3.49. The molecule has 1 N–H and O–H groups in total. The zero-order valence-corrected chi connectivity index (χ0v) is 12.5. The molecule has 3 nitrogen and oxygen atoms in total. The first-order valence-electron chi connectivity index (χ1n) is 7.20. The third kappa shape index (κ3) is 4.60. The van der Waals surface area contributed by atoms with Gasteiger partial charge in [-0.25, -0.2) is 0 Å². The van der Waals surface area contributed by atoms with E-state index in [4.69, 9.17) is 5.26 Å². The predicted molar refractivity (Wildman–Crippen MR) is 88.1 cm³/mol. The standard InChI is InChI=1S/C19H18N2O/c1-15(18-5-3-2-4-6-18)14-21-19(22)12-11-16-7-9-17(13-20)10-8-16/h2-12,15H,14H2,1H3,(H,21,22)/b12-11+. The van der Waals surface area contributed by atoms with Crippen LogP contribution in [0.25, 0.3) is 6.08 Å². The van der Waals surface area contributed by atoms with E-state index in [2.05, 4.69) is 30.4 Å². The maximum absolute atomic E-state index is 11.8. The van der Waals surface area contributed by atoms with E-state index in [1.165, 1.54) is 11.6 Å². The van der Waals surface area contributed by atoms with Crippen molar-refractivity contribution < 1.29 is 4.79 Å². The summed E-state index contributed by atoms with van der Waals surface area (Å²) in [6.45, 7) is 2.68. The van der Waals surface area contributed by atoms with Crippen LogP contribution >= 0.6 is 0 Å². The SMILES string of the molecule is CC(CNC(=O)/C=C/c1ccc(C#N)cc1)c1ccccc1. The lowest BCUT2D eigenvalue weighted by atomic mass is 10.0. The van der Waals surface area contributed by atoms with E-state index in [1.54, 1.807) is 18.2 Å². The number of rotatable bonds is 5. The summed E-state index contributed by atoms with van der Waals surface area (Å²) < 4.78 is 0. The quantitative estimate of drug-likeness (QED) is 0.857. The van der Waals surface area contributed by atoms with Crippen LogP contribution in [0.4, 0.5) is 0 Å². The minimum atomic E-state index is -0.118. The second kappa shape index (κ2) is 7.80. The van der Waals surface area contributed by atoms with E-state index in [0.717, 1.165) is 5.56 Å². The molecule has 0 spiro atoms. The lowest BCUT2D eigenvalue weighted by molar-refractivity contribution is -0.116. The summed E-state index contributed by atoms with van der Waals surface area (Å²) >= 11 is 0. The van der Waals surface area contributed by atoms with Gasteiger partial charge in [-0.2, -0.15) is 5.26 Å². The van der Waals surface area contributed by atoms with Crippen LogP contribution in [0.15, 0.2) is 60.7 Å². The maximum Gasteiger partial charge on any atom is 0.244 e. The normalized spacial score (nSPS) is 11.8. The van der Waals surface area contributed by atoms with E-state index in [1.807, 2.05) is 30.3 Å². The Morgan fingerprint density at radius 2 is 1.86 bits per heavy atom. The Bertz CT molecular complexity index is 682. The van der Waals surface area contributed by atoms with Crippen LogP contribution in [0.1, 0.15) is 29.5 Å². The smallest absolute Gasteiger partial charge is 0.244 e. The van der Waals surface area contributed by atoms with E-state index >= 15 is 0 Å². The van der Waals surface area contributed by atoms with Crippen molar-refractivity contribution in [3.8, 4) is 6.07 Å². The van der Waals surface area contributed by atoms with Crippen LogP contribution in [0.2, 0.25) is 0 Å².